The molecule has 0 unspecified atom stereocenters. The number of para-hydroxylation sites is 1. The van der Waals surface area contributed by atoms with Crippen LogP contribution in [0.1, 0.15) is 37.5 Å². The van der Waals surface area contributed by atoms with E-state index in [0.29, 0.717) is 39.7 Å². The minimum absolute atomic E-state index is 0.0508. The topological polar surface area (TPSA) is 113 Å². The van der Waals surface area contributed by atoms with Crippen LogP contribution in [0, 0.1) is 26.9 Å². The van der Waals surface area contributed by atoms with Gasteiger partial charge in [-0.15, -0.1) is 0 Å². The number of carbonyl (C=O) groups is 1. The highest BCUT2D eigenvalue weighted by atomic mass is 35.5. The van der Waals surface area contributed by atoms with Gasteiger partial charge in [0.05, 0.1) is 33.2 Å². The van der Waals surface area contributed by atoms with E-state index < -0.39 is 10.8 Å². The number of allylic oxidation sites excluding steroid dienone is 3. The molecular formula is C22H19ClN4O3S. The number of nitriles is 1. The number of benzene rings is 1. The fourth-order valence-electron chi connectivity index (χ4n) is 4.30. The summed E-state index contributed by atoms with van der Waals surface area (Å²) < 4.78 is 0. The highest BCUT2D eigenvalue weighted by molar-refractivity contribution is 7.15. The SMILES string of the molecule is CC1(C)CC(=O)C2=C(C1)N(c1ccccc1Cl)C(N)=C(C#N)[C@H]2c1ccc([N+](=O)[O-])s1. The molecule has 0 bridgehead atoms. The van der Waals surface area contributed by atoms with Gasteiger partial charge in [-0.05, 0) is 30.0 Å². The molecule has 1 aliphatic carbocycles. The number of halogens is 1. The predicted molar refractivity (Wildman–Crippen MR) is 120 cm³/mol. The first kappa shape index (κ1) is 21.1. The molecule has 0 fully saturated rings. The third-order valence-corrected chi connectivity index (χ3v) is 6.97. The first-order valence-corrected chi connectivity index (χ1v) is 10.8. The molecule has 0 saturated heterocycles. The van der Waals surface area contributed by atoms with Gasteiger partial charge in [0.1, 0.15) is 5.82 Å². The molecule has 158 valence electrons. The summed E-state index contributed by atoms with van der Waals surface area (Å²) in [5, 5.41) is 21.6. The molecule has 2 heterocycles. The number of nitro groups is 1. The summed E-state index contributed by atoms with van der Waals surface area (Å²) in [7, 11) is 0. The van der Waals surface area contributed by atoms with Crippen molar-refractivity contribution in [2.45, 2.75) is 32.6 Å². The van der Waals surface area contributed by atoms with E-state index >= 15 is 0 Å². The molecule has 7 nitrogen and oxygen atoms in total. The van der Waals surface area contributed by atoms with Crippen LogP contribution in [-0.2, 0) is 4.79 Å². The van der Waals surface area contributed by atoms with Crippen LogP contribution >= 0.6 is 22.9 Å². The molecule has 1 aromatic carbocycles. The number of ketones is 1. The molecule has 1 aromatic heterocycles. The number of Topliss-reactive ketones (excluding diaryl/α,β-unsaturated/α-hetero) is 1. The maximum absolute atomic E-state index is 13.4. The van der Waals surface area contributed by atoms with E-state index in [1.807, 2.05) is 19.9 Å². The first-order chi connectivity index (χ1) is 14.6. The van der Waals surface area contributed by atoms with Crippen LogP contribution in [0.2, 0.25) is 5.02 Å². The number of hydrogen-bond acceptors (Lipinski definition) is 7. The standard InChI is InChI=1S/C22H19ClN4O3S/c1-22(2)9-15-20(16(28)10-22)19(17-7-8-18(31-17)27(29)30)12(11-24)21(25)26(15)14-6-4-3-5-13(14)23/h3-8,19H,9-10,25H2,1-2H3/t19-/m0/s1. The van der Waals surface area contributed by atoms with Crippen LogP contribution < -0.4 is 10.6 Å². The highest BCUT2D eigenvalue weighted by Crippen LogP contribution is 2.52. The van der Waals surface area contributed by atoms with Crippen molar-refractivity contribution in [3.05, 3.63) is 79.1 Å². The Balaban J connectivity index is 2.00. The van der Waals surface area contributed by atoms with Crippen molar-refractivity contribution in [2.24, 2.45) is 11.1 Å². The largest absolute Gasteiger partial charge is 0.384 e. The van der Waals surface area contributed by atoms with Gasteiger partial charge in [0.2, 0.25) is 0 Å². The molecule has 9 heteroatoms. The van der Waals surface area contributed by atoms with E-state index in [0.717, 1.165) is 11.3 Å². The Hall–Kier alpha value is -3.15. The highest BCUT2D eigenvalue weighted by Gasteiger charge is 2.45. The van der Waals surface area contributed by atoms with Crippen molar-refractivity contribution in [2.75, 3.05) is 4.90 Å². The Labute approximate surface area is 188 Å². The van der Waals surface area contributed by atoms with Gasteiger partial charge in [0, 0.05) is 28.6 Å². The monoisotopic (exact) mass is 454 g/mol. The molecule has 0 spiro atoms. The summed E-state index contributed by atoms with van der Waals surface area (Å²) >= 11 is 7.42. The molecule has 0 saturated carbocycles. The minimum Gasteiger partial charge on any atom is -0.384 e. The van der Waals surface area contributed by atoms with Gasteiger partial charge in [0.25, 0.3) is 0 Å². The second-order valence-corrected chi connectivity index (χ2v) is 9.87. The van der Waals surface area contributed by atoms with Gasteiger partial charge in [0.15, 0.2) is 5.78 Å². The Morgan fingerprint density at radius 2 is 2.00 bits per heavy atom. The Morgan fingerprint density at radius 1 is 1.29 bits per heavy atom. The van der Waals surface area contributed by atoms with E-state index in [4.69, 9.17) is 17.3 Å². The molecule has 2 aromatic rings. The lowest BCUT2D eigenvalue weighted by atomic mass is 9.69. The molecule has 2 N–H and O–H groups in total. The van der Waals surface area contributed by atoms with Gasteiger partial charge >= 0.3 is 5.00 Å². The molecular weight excluding hydrogens is 436 g/mol. The van der Waals surface area contributed by atoms with E-state index in [9.17, 15) is 20.2 Å². The van der Waals surface area contributed by atoms with Gasteiger partial charge in [-0.25, -0.2) is 0 Å². The van der Waals surface area contributed by atoms with Crippen LogP contribution in [0.25, 0.3) is 0 Å². The maximum Gasteiger partial charge on any atom is 0.324 e. The normalized spacial score (nSPS) is 20.5. The van der Waals surface area contributed by atoms with Crippen LogP contribution in [0.5, 0.6) is 0 Å². The number of hydrogen-bond donors (Lipinski definition) is 1. The molecule has 0 amide bonds. The van der Waals surface area contributed by atoms with Crippen molar-refractivity contribution in [3.63, 3.8) is 0 Å². The fourth-order valence-corrected chi connectivity index (χ4v) is 5.46. The maximum atomic E-state index is 13.4. The lowest BCUT2D eigenvalue weighted by Crippen LogP contribution is -2.42. The Morgan fingerprint density at radius 3 is 2.61 bits per heavy atom. The molecule has 4 rings (SSSR count). The number of nitrogens with zero attached hydrogens (tertiary/aromatic N) is 3. The van der Waals surface area contributed by atoms with E-state index in [2.05, 4.69) is 6.07 Å². The van der Waals surface area contributed by atoms with Crippen LogP contribution in [0.3, 0.4) is 0 Å². The third kappa shape index (κ3) is 3.50. The summed E-state index contributed by atoms with van der Waals surface area (Å²) in [4.78, 5) is 26.4. The molecule has 1 aliphatic heterocycles. The van der Waals surface area contributed by atoms with E-state index in [1.54, 1.807) is 29.2 Å². The number of rotatable bonds is 3. The molecule has 2 aliphatic rings. The lowest BCUT2D eigenvalue weighted by Gasteiger charge is -2.43. The van der Waals surface area contributed by atoms with Gasteiger partial charge in [-0.3, -0.25) is 19.8 Å². The smallest absolute Gasteiger partial charge is 0.324 e. The van der Waals surface area contributed by atoms with Crippen molar-refractivity contribution >= 4 is 39.4 Å². The van der Waals surface area contributed by atoms with E-state index in [-0.39, 0.29) is 27.6 Å². The Kier molecular flexibility index (Phi) is 5.12. The Bertz CT molecular complexity index is 1220. The van der Waals surface area contributed by atoms with Crippen molar-refractivity contribution < 1.29 is 9.72 Å². The van der Waals surface area contributed by atoms with Crippen molar-refractivity contribution in [3.8, 4) is 6.07 Å². The molecule has 0 radical (unpaired) electrons. The summed E-state index contributed by atoms with van der Waals surface area (Å²) in [6.45, 7) is 4.01. The van der Waals surface area contributed by atoms with Gasteiger partial charge < -0.3 is 5.73 Å². The van der Waals surface area contributed by atoms with E-state index in [1.165, 1.54) is 6.07 Å². The minimum atomic E-state index is -0.735. The second kappa shape index (κ2) is 7.52. The number of nitrogens with two attached hydrogens (primary N) is 1. The number of anilines is 1. The first-order valence-electron chi connectivity index (χ1n) is 9.59. The zero-order chi connectivity index (χ0) is 22.5. The molecule has 31 heavy (non-hydrogen) atoms. The van der Waals surface area contributed by atoms with Crippen molar-refractivity contribution in [1.29, 1.82) is 5.26 Å². The average molecular weight is 455 g/mol. The summed E-state index contributed by atoms with van der Waals surface area (Å²) in [5.41, 5.74) is 8.12. The zero-order valence-corrected chi connectivity index (χ0v) is 18.5. The average Bonchev–Trinajstić information content (AvgIpc) is 3.17. The second-order valence-electron chi connectivity index (χ2n) is 8.36. The number of carbonyl (C=O) groups excluding carboxylic acids is 1. The lowest BCUT2D eigenvalue weighted by molar-refractivity contribution is -0.380. The van der Waals surface area contributed by atoms with Crippen LogP contribution in [0.4, 0.5) is 10.7 Å². The van der Waals surface area contributed by atoms with Gasteiger partial charge in [-0.1, -0.05) is 48.9 Å². The fraction of sp³-hybridized carbons (Fsp3) is 0.273. The zero-order valence-electron chi connectivity index (χ0n) is 16.9. The third-order valence-electron chi connectivity index (χ3n) is 5.55. The quantitative estimate of drug-likeness (QED) is 0.500. The summed E-state index contributed by atoms with van der Waals surface area (Å²) in [6, 6.07) is 12.3. The number of thiophene rings is 1. The molecule has 1 atom stereocenters. The summed E-state index contributed by atoms with van der Waals surface area (Å²) in [6.07, 6.45) is 0.855. The predicted octanol–water partition coefficient (Wildman–Crippen LogP) is 5.25. The van der Waals surface area contributed by atoms with Crippen molar-refractivity contribution in [1.82, 2.24) is 0 Å². The summed E-state index contributed by atoms with van der Waals surface area (Å²) in [5.74, 6) is -0.647. The van der Waals surface area contributed by atoms with Gasteiger partial charge in [-0.2, -0.15) is 5.26 Å². The van der Waals surface area contributed by atoms with Crippen LogP contribution in [0.15, 0.2) is 59.1 Å². The van der Waals surface area contributed by atoms with Crippen LogP contribution in [-0.4, -0.2) is 10.7 Å².